The number of unbranched alkanes of at least 4 members (excludes halogenated alkanes) is 1. The van der Waals surface area contributed by atoms with Crippen LogP contribution in [0.5, 0.6) is 11.5 Å². The van der Waals surface area contributed by atoms with E-state index in [2.05, 4.69) is 5.32 Å². The van der Waals surface area contributed by atoms with Gasteiger partial charge >= 0.3 is 6.18 Å². The SMILES string of the molecule is CCOc1ccc(CNCCCCC(F)(F)F)cc1OC. The minimum absolute atomic E-state index is 0.156. The maximum absolute atomic E-state index is 12.0. The fourth-order valence-electron chi connectivity index (χ4n) is 1.90. The minimum atomic E-state index is -4.05. The van der Waals surface area contributed by atoms with Gasteiger partial charge in [0.2, 0.25) is 0 Å². The number of hydrogen-bond acceptors (Lipinski definition) is 3. The van der Waals surface area contributed by atoms with Crippen molar-refractivity contribution in [3.63, 3.8) is 0 Å². The summed E-state index contributed by atoms with van der Waals surface area (Å²) in [7, 11) is 1.58. The fourth-order valence-corrected chi connectivity index (χ4v) is 1.90. The second-order valence-electron chi connectivity index (χ2n) is 4.67. The summed E-state index contributed by atoms with van der Waals surface area (Å²) in [6.07, 6.45) is -4.11. The van der Waals surface area contributed by atoms with Gasteiger partial charge in [-0.1, -0.05) is 6.07 Å². The van der Waals surface area contributed by atoms with E-state index in [9.17, 15) is 13.2 Å². The number of benzene rings is 1. The summed E-state index contributed by atoms with van der Waals surface area (Å²) in [6.45, 7) is 3.61. The van der Waals surface area contributed by atoms with Gasteiger partial charge in [-0.05, 0) is 44.0 Å². The van der Waals surface area contributed by atoms with E-state index in [0.717, 1.165) is 5.56 Å². The smallest absolute Gasteiger partial charge is 0.389 e. The predicted molar refractivity (Wildman–Crippen MR) is 75.8 cm³/mol. The van der Waals surface area contributed by atoms with Crippen molar-refractivity contribution >= 4 is 0 Å². The number of alkyl halides is 3. The molecule has 0 aliphatic heterocycles. The van der Waals surface area contributed by atoms with Gasteiger partial charge in [0.05, 0.1) is 13.7 Å². The van der Waals surface area contributed by atoms with Crippen molar-refractivity contribution in [2.24, 2.45) is 0 Å². The van der Waals surface area contributed by atoms with Crippen LogP contribution in [0.4, 0.5) is 13.2 Å². The molecule has 0 heterocycles. The van der Waals surface area contributed by atoms with Crippen LogP contribution >= 0.6 is 0 Å². The first kappa shape index (κ1) is 17.6. The fraction of sp³-hybridized carbons (Fsp3) is 0.600. The van der Waals surface area contributed by atoms with Gasteiger partial charge < -0.3 is 14.8 Å². The molecule has 0 saturated carbocycles. The highest BCUT2D eigenvalue weighted by molar-refractivity contribution is 5.42. The van der Waals surface area contributed by atoms with Gasteiger partial charge in [-0.15, -0.1) is 0 Å². The van der Waals surface area contributed by atoms with Crippen molar-refractivity contribution in [1.29, 1.82) is 0 Å². The van der Waals surface area contributed by atoms with Gasteiger partial charge in [-0.3, -0.25) is 0 Å². The molecule has 21 heavy (non-hydrogen) atoms. The van der Waals surface area contributed by atoms with Crippen molar-refractivity contribution in [1.82, 2.24) is 5.32 Å². The number of methoxy groups -OCH3 is 1. The average Bonchev–Trinajstić information content (AvgIpc) is 2.43. The lowest BCUT2D eigenvalue weighted by atomic mass is 10.2. The van der Waals surface area contributed by atoms with Crippen LogP contribution in [0.3, 0.4) is 0 Å². The summed E-state index contributed by atoms with van der Waals surface area (Å²) in [5.41, 5.74) is 1.01. The Balaban J connectivity index is 2.32. The third-order valence-electron chi connectivity index (χ3n) is 2.92. The zero-order chi connectivity index (χ0) is 15.7. The molecule has 0 unspecified atom stereocenters. The molecule has 0 radical (unpaired) electrons. The molecular formula is C15H22F3NO2. The van der Waals surface area contributed by atoms with E-state index in [1.165, 1.54) is 0 Å². The minimum Gasteiger partial charge on any atom is -0.493 e. The van der Waals surface area contributed by atoms with Gasteiger partial charge in [-0.25, -0.2) is 0 Å². The highest BCUT2D eigenvalue weighted by Gasteiger charge is 2.25. The topological polar surface area (TPSA) is 30.5 Å². The molecule has 1 N–H and O–H groups in total. The van der Waals surface area contributed by atoms with Crippen LogP contribution in [0.2, 0.25) is 0 Å². The highest BCUT2D eigenvalue weighted by atomic mass is 19.4. The van der Waals surface area contributed by atoms with E-state index in [-0.39, 0.29) is 6.42 Å². The molecule has 1 aromatic rings. The lowest BCUT2D eigenvalue weighted by Crippen LogP contribution is -2.16. The number of hydrogen-bond donors (Lipinski definition) is 1. The molecular weight excluding hydrogens is 283 g/mol. The van der Waals surface area contributed by atoms with E-state index in [4.69, 9.17) is 9.47 Å². The van der Waals surface area contributed by atoms with E-state index in [1.54, 1.807) is 7.11 Å². The summed E-state index contributed by atoms with van der Waals surface area (Å²) < 4.78 is 46.6. The molecule has 0 fully saturated rings. The number of ether oxygens (including phenoxy) is 2. The van der Waals surface area contributed by atoms with Crippen LogP contribution < -0.4 is 14.8 Å². The first-order chi connectivity index (χ1) is 9.96. The van der Waals surface area contributed by atoms with Gasteiger partial charge in [0, 0.05) is 13.0 Å². The van der Waals surface area contributed by atoms with Crippen molar-refractivity contribution in [3.8, 4) is 11.5 Å². The predicted octanol–water partition coefficient (Wildman–Crippen LogP) is 3.92. The van der Waals surface area contributed by atoms with E-state index < -0.39 is 12.6 Å². The van der Waals surface area contributed by atoms with E-state index in [1.807, 2.05) is 25.1 Å². The van der Waals surface area contributed by atoms with Gasteiger partial charge in [0.25, 0.3) is 0 Å². The summed E-state index contributed by atoms with van der Waals surface area (Å²) in [6, 6.07) is 5.62. The van der Waals surface area contributed by atoms with E-state index in [0.29, 0.717) is 37.6 Å². The van der Waals surface area contributed by atoms with Crippen molar-refractivity contribution in [2.75, 3.05) is 20.3 Å². The Morgan fingerprint density at radius 3 is 2.52 bits per heavy atom. The van der Waals surface area contributed by atoms with Crippen molar-refractivity contribution in [2.45, 2.75) is 38.9 Å². The molecule has 0 aromatic heterocycles. The first-order valence-electron chi connectivity index (χ1n) is 7.03. The van der Waals surface area contributed by atoms with E-state index >= 15 is 0 Å². The number of rotatable bonds is 9. The molecule has 1 rings (SSSR count). The van der Waals surface area contributed by atoms with Gasteiger partial charge in [-0.2, -0.15) is 13.2 Å². The Bertz CT molecular complexity index is 422. The molecule has 0 saturated heterocycles. The number of halogens is 3. The lowest BCUT2D eigenvalue weighted by Gasteiger charge is -2.11. The van der Waals surface area contributed by atoms with Crippen molar-refractivity contribution in [3.05, 3.63) is 23.8 Å². The molecule has 0 spiro atoms. The molecule has 6 heteroatoms. The molecule has 0 bridgehead atoms. The Kier molecular flexibility index (Phi) is 7.36. The summed E-state index contributed by atoms with van der Waals surface area (Å²) in [5, 5.41) is 3.13. The van der Waals surface area contributed by atoms with Gasteiger partial charge in [0.15, 0.2) is 11.5 Å². The van der Waals surface area contributed by atoms with Crippen LogP contribution in [0, 0.1) is 0 Å². The Hall–Kier alpha value is -1.43. The zero-order valence-electron chi connectivity index (χ0n) is 12.4. The second kappa shape index (κ2) is 8.77. The quantitative estimate of drug-likeness (QED) is 0.702. The van der Waals surface area contributed by atoms with Crippen LogP contribution in [0.25, 0.3) is 0 Å². The maximum Gasteiger partial charge on any atom is 0.389 e. The van der Waals surface area contributed by atoms with Crippen LogP contribution in [-0.4, -0.2) is 26.4 Å². The molecule has 1 aromatic carbocycles. The van der Waals surface area contributed by atoms with Crippen molar-refractivity contribution < 1.29 is 22.6 Å². The lowest BCUT2D eigenvalue weighted by molar-refractivity contribution is -0.135. The largest absolute Gasteiger partial charge is 0.493 e. The molecule has 0 aliphatic rings. The zero-order valence-corrected chi connectivity index (χ0v) is 12.4. The molecule has 0 aliphatic carbocycles. The summed E-state index contributed by atoms with van der Waals surface area (Å²) >= 11 is 0. The second-order valence-corrected chi connectivity index (χ2v) is 4.67. The Morgan fingerprint density at radius 1 is 1.14 bits per heavy atom. The average molecular weight is 305 g/mol. The molecule has 0 amide bonds. The standard InChI is InChI=1S/C15H22F3NO2/c1-3-21-13-7-6-12(10-14(13)20-2)11-19-9-5-4-8-15(16,17)18/h6-7,10,19H,3-5,8-9,11H2,1-2H3. The monoisotopic (exact) mass is 305 g/mol. The normalized spacial score (nSPS) is 11.5. The summed E-state index contributed by atoms with van der Waals surface area (Å²) in [5.74, 6) is 1.35. The van der Waals surface area contributed by atoms with Crippen LogP contribution in [0.1, 0.15) is 31.7 Å². The first-order valence-corrected chi connectivity index (χ1v) is 7.03. The van der Waals surface area contributed by atoms with Gasteiger partial charge in [0.1, 0.15) is 0 Å². The van der Waals surface area contributed by atoms with Crippen LogP contribution in [0.15, 0.2) is 18.2 Å². The molecule has 3 nitrogen and oxygen atoms in total. The third kappa shape index (κ3) is 7.22. The van der Waals surface area contributed by atoms with Crippen LogP contribution in [-0.2, 0) is 6.54 Å². The molecule has 0 atom stereocenters. The number of nitrogens with one attached hydrogen (secondary N) is 1. The third-order valence-corrected chi connectivity index (χ3v) is 2.92. The maximum atomic E-state index is 12.0. The molecule has 120 valence electrons. The Morgan fingerprint density at radius 2 is 1.90 bits per heavy atom. The highest BCUT2D eigenvalue weighted by Crippen LogP contribution is 2.28. The Labute approximate surface area is 123 Å². The summed E-state index contributed by atoms with van der Waals surface area (Å²) in [4.78, 5) is 0.